The van der Waals surface area contributed by atoms with Gasteiger partial charge in [0.2, 0.25) is 0 Å². The van der Waals surface area contributed by atoms with Gasteiger partial charge < -0.3 is 4.74 Å². The molecule has 1 fully saturated rings. The van der Waals surface area contributed by atoms with Crippen LogP contribution in [-0.4, -0.2) is 11.7 Å². The molecule has 1 aliphatic rings. The summed E-state index contributed by atoms with van der Waals surface area (Å²) in [6.07, 6.45) is 16.9. The average Bonchev–Trinajstić information content (AvgIpc) is 3.43. The fraction of sp³-hybridized carbons (Fsp3) is 0.697. The highest BCUT2D eigenvalue weighted by Crippen LogP contribution is 2.44. The Kier molecular flexibility index (Phi) is 13.5. The van der Waals surface area contributed by atoms with E-state index in [1.54, 1.807) is 0 Å². The van der Waals surface area contributed by atoms with Gasteiger partial charge in [0.15, 0.2) is 0 Å². The predicted octanol–water partition coefficient (Wildman–Crippen LogP) is 10.6. The topological polar surface area (TPSA) is 12.5 Å². The number of rotatable bonds is 18. The molecule has 1 nitrogen and oxygen atoms in total. The molecule has 0 aromatic carbocycles. The molecule has 0 saturated carbocycles. The summed E-state index contributed by atoms with van der Waals surface area (Å²) in [4.78, 5) is 0. The van der Waals surface area contributed by atoms with Gasteiger partial charge in [-0.25, -0.2) is 0 Å². The Bertz CT molecular complexity index is 736. The highest BCUT2D eigenvalue weighted by molar-refractivity contribution is 5.07. The molecule has 0 radical (unpaired) electrons. The standard InChI is InChI=1S/C33H56O/c1-24(2)28(7)19-18-27(6)15-12-14-26(5)16-13-17-32-33(11,34-32)23-22-31(10)30(9)21-20-29(8)25(3)4/h15-16,28-29,31-32H,1,3,9,12-14,17-23H2,2,4-8,10-11H3/b26-16+,27-15+. The zero-order valence-electron chi connectivity index (χ0n) is 24.1. The van der Waals surface area contributed by atoms with Crippen molar-refractivity contribution in [3.8, 4) is 0 Å². The summed E-state index contributed by atoms with van der Waals surface area (Å²) in [5, 5.41) is 0. The van der Waals surface area contributed by atoms with Crippen molar-refractivity contribution in [1.82, 2.24) is 0 Å². The Morgan fingerprint density at radius 2 is 1.29 bits per heavy atom. The van der Waals surface area contributed by atoms with Crippen LogP contribution < -0.4 is 0 Å². The van der Waals surface area contributed by atoms with Crippen molar-refractivity contribution in [2.45, 2.75) is 131 Å². The minimum absolute atomic E-state index is 0.0854. The number of ether oxygens (including phenoxy) is 1. The first-order valence-corrected chi connectivity index (χ1v) is 13.8. The largest absolute Gasteiger partial charge is 0.366 e. The van der Waals surface area contributed by atoms with Gasteiger partial charge in [-0.05, 0) is 117 Å². The van der Waals surface area contributed by atoms with Crippen LogP contribution in [0.1, 0.15) is 120 Å². The van der Waals surface area contributed by atoms with E-state index >= 15 is 0 Å². The van der Waals surface area contributed by atoms with Crippen LogP contribution in [0.2, 0.25) is 0 Å². The van der Waals surface area contributed by atoms with Crippen LogP contribution in [-0.2, 0) is 4.74 Å². The van der Waals surface area contributed by atoms with E-state index in [2.05, 4.69) is 87.3 Å². The van der Waals surface area contributed by atoms with Gasteiger partial charge in [-0.1, -0.05) is 80.5 Å². The second-order valence-electron chi connectivity index (χ2n) is 11.8. The average molecular weight is 469 g/mol. The highest BCUT2D eigenvalue weighted by Gasteiger charge is 2.50. The van der Waals surface area contributed by atoms with E-state index in [0.717, 1.165) is 32.1 Å². The molecule has 0 N–H and O–H groups in total. The zero-order valence-corrected chi connectivity index (χ0v) is 24.1. The molecule has 0 spiro atoms. The molecule has 34 heavy (non-hydrogen) atoms. The van der Waals surface area contributed by atoms with E-state index in [1.807, 2.05) is 0 Å². The molecular formula is C33H56O. The van der Waals surface area contributed by atoms with Crippen molar-refractivity contribution in [2.75, 3.05) is 0 Å². The zero-order chi connectivity index (χ0) is 25.9. The first kappa shape index (κ1) is 30.7. The quantitative estimate of drug-likeness (QED) is 0.144. The lowest BCUT2D eigenvalue weighted by molar-refractivity contribution is 0.283. The van der Waals surface area contributed by atoms with Gasteiger partial charge in [-0.2, -0.15) is 0 Å². The summed E-state index contributed by atoms with van der Waals surface area (Å²) < 4.78 is 6.14. The smallest absolute Gasteiger partial charge is 0.0920 e. The van der Waals surface area contributed by atoms with Crippen LogP contribution in [0, 0.1) is 17.8 Å². The molecule has 1 aliphatic heterocycles. The SMILES string of the molecule is C=C(C)C(C)CCC(=C)C(C)CCC1(C)OC1CC/C=C(\C)CC/C=C(\C)CCC(C)C(=C)C. The minimum Gasteiger partial charge on any atom is -0.366 e. The first-order valence-electron chi connectivity index (χ1n) is 13.8. The molecule has 1 saturated heterocycles. The van der Waals surface area contributed by atoms with E-state index in [0.29, 0.717) is 23.9 Å². The van der Waals surface area contributed by atoms with Crippen molar-refractivity contribution >= 4 is 0 Å². The molecule has 5 unspecified atom stereocenters. The molecule has 0 aromatic rings. The highest BCUT2D eigenvalue weighted by atomic mass is 16.6. The van der Waals surface area contributed by atoms with Crippen LogP contribution in [0.4, 0.5) is 0 Å². The van der Waals surface area contributed by atoms with E-state index in [9.17, 15) is 0 Å². The fourth-order valence-electron chi connectivity index (χ4n) is 4.40. The monoisotopic (exact) mass is 468 g/mol. The lowest BCUT2D eigenvalue weighted by Gasteiger charge is -2.18. The number of hydrogen-bond donors (Lipinski definition) is 0. The number of hydrogen-bond acceptors (Lipinski definition) is 1. The van der Waals surface area contributed by atoms with Crippen LogP contribution in [0.25, 0.3) is 0 Å². The third-order valence-electron chi connectivity index (χ3n) is 8.31. The maximum absolute atomic E-state index is 6.14. The Balaban J connectivity index is 2.25. The molecule has 0 aliphatic carbocycles. The van der Waals surface area contributed by atoms with Gasteiger partial charge in [-0.15, -0.1) is 0 Å². The summed E-state index contributed by atoms with van der Waals surface area (Å²) in [5.74, 6) is 1.78. The van der Waals surface area contributed by atoms with Crippen molar-refractivity contribution in [3.05, 3.63) is 59.8 Å². The summed E-state index contributed by atoms with van der Waals surface area (Å²) >= 11 is 0. The molecule has 0 aromatic heterocycles. The summed E-state index contributed by atoms with van der Waals surface area (Å²) in [7, 11) is 0. The first-order chi connectivity index (χ1) is 15.9. The maximum Gasteiger partial charge on any atom is 0.0920 e. The van der Waals surface area contributed by atoms with Gasteiger partial charge in [0.25, 0.3) is 0 Å². The second-order valence-corrected chi connectivity index (χ2v) is 11.8. The Hall–Kier alpha value is -1.34. The lowest BCUT2D eigenvalue weighted by atomic mass is 9.87. The third kappa shape index (κ3) is 11.9. The molecule has 1 heteroatoms. The third-order valence-corrected chi connectivity index (χ3v) is 8.31. The Morgan fingerprint density at radius 1 is 0.765 bits per heavy atom. The number of epoxide rings is 1. The normalized spacial score (nSPS) is 23.4. The summed E-state index contributed by atoms with van der Waals surface area (Å²) in [6, 6.07) is 0. The molecule has 1 heterocycles. The van der Waals surface area contributed by atoms with Gasteiger partial charge in [0.1, 0.15) is 0 Å². The van der Waals surface area contributed by atoms with Gasteiger partial charge >= 0.3 is 0 Å². The minimum atomic E-state index is 0.0854. The van der Waals surface area contributed by atoms with Gasteiger partial charge in [0.05, 0.1) is 11.7 Å². The summed E-state index contributed by atoms with van der Waals surface area (Å²) in [5.41, 5.74) is 7.08. The van der Waals surface area contributed by atoms with Crippen LogP contribution in [0.15, 0.2) is 59.8 Å². The van der Waals surface area contributed by atoms with Crippen LogP contribution in [0.5, 0.6) is 0 Å². The van der Waals surface area contributed by atoms with Crippen LogP contribution in [0.3, 0.4) is 0 Å². The fourth-order valence-corrected chi connectivity index (χ4v) is 4.40. The Morgan fingerprint density at radius 3 is 1.88 bits per heavy atom. The van der Waals surface area contributed by atoms with Crippen molar-refractivity contribution in [2.24, 2.45) is 17.8 Å². The van der Waals surface area contributed by atoms with Crippen molar-refractivity contribution in [3.63, 3.8) is 0 Å². The lowest BCUT2D eigenvalue weighted by Crippen LogP contribution is -2.13. The number of allylic oxidation sites excluding steroid dienone is 7. The Labute approximate surface area is 213 Å². The van der Waals surface area contributed by atoms with Crippen molar-refractivity contribution in [1.29, 1.82) is 0 Å². The predicted molar refractivity (Wildman–Crippen MR) is 153 cm³/mol. The van der Waals surface area contributed by atoms with Crippen LogP contribution >= 0.6 is 0 Å². The van der Waals surface area contributed by atoms with Gasteiger partial charge in [-0.3, -0.25) is 0 Å². The molecule has 194 valence electrons. The molecule has 0 bridgehead atoms. The molecule has 5 atom stereocenters. The van der Waals surface area contributed by atoms with Crippen molar-refractivity contribution < 1.29 is 4.74 Å². The van der Waals surface area contributed by atoms with E-state index < -0.39 is 0 Å². The maximum atomic E-state index is 6.14. The van der Waals surface area contributed by atoms with Gasteiger partial charge in [0, 0.05) is 0 Å². The van der Waals surface area contributed by atoms with E-state index in [1.165, 1.54) is 60.0 Å². The summed E-state index contributed by atoms with van der Waals surface area (Å²) in [6.45, 7) is 30.5. The van der Waals surface area contributed by atoms with E-state index in [-0.39, 0.29) is 5.60 Å². The van der Waals surface area contributed by atoms with E-state index in [4.69, 9.17) is 4.74 Å². The molecule has 0 amide bonds. The molecule has 1 rings (SSSR count). The second kappa shape index (κ2) is 14.9. The molecular weight excluding hydrogens is 412 g/mol.